The fourth-order valence-corrected chi connectivity index (χ4v) is 1.92. The Bertz CT molecular complexity index is 643. The van der Waals surface area contributed by atoms with E-state index in [1.54, 1.807) is 12.1 Å². The minimum atomic E-state index is -0.537. The minimum absolute atomic E-state index is 0.0928. The van der Waals surface area contributed by atoms with Crippen molar-refractivity contribution in [2.45, 2.75) is 0 Å². The molecule has 2 aromatic carbocycles. The summed E-state index contributed by atoms with van der Waals surface area (Å²) in [5.74, 6) is 0.377. The van der Waals surface area contributed by atoms with Crippen LogP contribution in [0.5, 0.6) is 11.5 Å². The first-order valence-corrected chi connectivity index (χ1v) is 5.72. The van der Waals surface area contributed by atoms with Gasteiger partial charge >= 0.3 is 0 Å². The zero-order valence-corrected chi connectivity index (χ0v) is 10.7. The van der Waals surface area contributed by atoms with E-state index in [4.69, 9.17) is 16.3 Å². The highest BCUT2D eigenvalue weighted by Gasteiger charge is 2.18. The number of phenols is 1. The van der Waals surface area contributed by atoms with Crippen molar-refractivity contribution in [1.82, 2.24) is 0 Å². The molecule has 6 heteroatoms. The lowest BCUT2D eigenvalue weighted by Gasteiger charge is -2.08. The molecular formula is C13H10ClNO4. The van der Waals surface area contributed by atoms with Gasteiger partial charge in [-0.1, -0.05) is 11.6 Å². The van der Waals surface area contributed by atoms with Gasteiger partial charge in [0.25, 0.3) is 5.69 Å². The van der Waals surface area contributed by atoms with Gasteiger partial charge in [0.15, 0.2) is 0 Å². The van der Waals surface area contributed by atoms with Gasteiger partial charge in [-0.05, 0) is 24.3 Å². The van der Waals surface area contributed by atoms with Crippen molar-refractivity contribution >= 4 is 17.3 Å². The summed E-state index contributed by atoms with van der Waals surface area (Å²) in [6, 6.07) is 8.86. The van der Waals surface area contributed by atoms with Crippen LogP contribution in [0.25, 0.3) is 11.1 Å². The van der Waals surface area contributed by atoms with E-state index >= 15 is 0 Å². The van der Waals surface area contributed by atoms with Crippen LogP contribution in [-0.2, 0) is 0 Å². The van der Waals surface area contributed by atoms with Crippen LogP contribution in [0.15, 0.2) is 36.4 Å². The van der Waals surface area contributed by atoms with Gasteiger partial charge in [0, 0.05) is 22.7 Å². The molecule has 5 nitrogen and oxygen atoms in total. The number of aromatic hydroxyl groups is 1. The van der Waals surface area contributed by atoms with Crippen molar-refractivity contribution in [2.75, 3.05) is 7.11 Å². The molecule has 0 aliphatic heterocycles. The van der Waals surface area contributed by atoms with Crippen LogP contribution < -0.4 is 4.74 Å². The van der Waals surface area contributed by atoms with Crippen molar-refractivity contribution in [3.63, 3.8) is 0 Å². The SMILES string of the molecule is COc1ccc(-c2ccc(Cl)cc2[N+](=O)[O-])c(O)c1. The zero-order chi connectivity index (χ0) is 14.0. The Morgan fingerprint density at radius 2 is 1.89 bits per heavy atom. The maximum atomic E-state index is 11.0. The Hall–Kier alpha value is -2.27. The fourth-order valence-electron chi connectivity index (χ4n) is 1.75. The number of nitro benzene ring substituents is 1. The van der Waals surface area contributed by atoms with Gasteiger partial charge < -0.3 is 9.84 Å². The Kier molecular flexibility index (Phi) is 3.57. The highest BCUT2D eigenvalue weighted by Crippen LogP contribution is 2.38. The smallest absolute Gasteiger partial charge is 0.278 e. The number of phenolic OH excluding ortho intramolecular Hbond substituents is 1. The molecule has 19 heavy (non-hydrogen) atoms. The molecule has 0 amide bonds. The van der Waals surface area contributed by atoms with Crippen molar-refractivity contribution in [1.29, 1.82) is 0 Å². The monoisotopic (exact) mass is 279 g/mol. The molecule has 1 N–H and O–H groups in total. The number of benzene rings is 2. The highest BCUT2D eigenvalue weighted by molar-refractivity contribution is 6.31. The Labute approximate surface area is 114 Å². The van der Waals surface area contributed by atoms with Crippen molar-refractivity contribution in [3.8, 4) is 22.6 Å². The van der Waals surface area contributed by atoms with Gasteiger partial charge in [0.1, 0.15) is 11.5 Å². The summed E-state index contributed by atoms with van der Waals surface area (Å²) in [4.78, 5) is 10.5. The lowest BCUT2D eigenvalue weighted by atomic mass is 10.0. The summed E-state index contributed by atoms with van der Waals surface area (Å²) in [6.45, 7) is 0. The standard InChI is InChI=1S/C13H10ClNO4/c1-19-9-3-5-11(13(16)7-9)10-4-2-8(14)6-12(10)15(17)18/h2-7,16H,1H3. The van der Waals surface area contributed by atoms with Gasteiger partial charge in [-0.2, -0.15) is 0 Å². The summed E-state index contributed by atoms with van der Waals surface area (Å²) < 4.78 is 4.97. The second kappa shape index (κ2) is 5.16. The number of rotatable bonds is 3. The van der Waals surface area contributed by atoms with Gasteiger partial charge in [0.05, 0.1) is 17.6 Å². The van der Waals surface area contributed by atoms with Gasteiger partial charge in [-0.15, -0.1) is 0 Å². The predicted molar refractivity (Wildman–Crippen MR) is 71.8 cm³/mol. The third kappa shape index (κ3) is 2.61. The lowest BCUT2D eigenvalue weighted by molar-refractivity contribution is -0.384. The molecule has 0 fully saturated rings. The molecule has 0 heterocycles. The van der Waals surface area contributed by atoms with E-state index in [2.05, 4.69) is 0 Å². The van der Waals surface area contributed by atoms with Crippen LogP contribution in [0.3, 0.4) is 0 Å². The molecule has 2 rings (SSSR count). The zero-order valence-electron chi connectivity index (χ0n) is 9.96. The normalized spacial score (nSPS) is 10.2. The van der Waals surface area contributed by atoms with E-state index in [1.165, 1.54) is 31.4 Å². The van der Waals surface area contributed by atoms with Gasteiger partial charge in [-0.25, -0.2) is 0 Å². The maximum absolute atomic E-state index is 11.0. The number of methoxy groups -OCH3 is 1. The van der Waals surface area contributed by atoms with Crippen molar-refractivity contribution < 1.29 is 14.8 Å². The number of hydrogen-bond acceptors (Lipinski definition) is 4. The van der Waals surface area contributed by atoms with E-state index in [-0.39, 0.29) is 16.5 Å². The second-order valence-electron chi connectivity index (χ2n) is 3.80. The predicted octanol–water partition coefficient (Wildman–Crippen LogP) is 3.63. The average molecular weight is 280 g/mol. The molecule has 0 bridgehead atoms. The summed E-state index contributed by atoms with van der Waals surface area (Å²) in [7, 11) is 1.47. The lowest BCUT2D eigenvalue weighted by Crippen LogP contribution is -1.92. The molecular weight excluding hydrogens is 270 g/mol. The van der Waals surface area contributed by atoms with Crippen LogP contribution in [-0.4, -0.2) is 17.1 Å². The molecule has 2 aromatic rings. The third-order valence-corrected chi connectivity index (χ3v) is 2.89. The molecule has 0 radical (unpaired) electrons. The molecule has 0 aromatic heterocycles. The van der Waals surface area contributed by atoms with Crippen molar-refractivity contribution in [2.24, 2.45) is 0 Å². The number of halogens is 1. The molecule has 0 aliphatic carbocycles. The summed E-state index contributed by atoms with van der Waals surface area (Å²) in [5, 5.41) is 21.2. The average Bonchev–Trinajstić information content (AvgIpc) is 2.39. The number of ether oxygens (including phenoxy) is 1. The number of nitro groups is 1. The number of nitrogens with zero attached hydrogens (tertiary/aromatic N) is 1. The number of hydrogen-bond donors (Lipinski definition) is 1. The van der Waals surface area contributed by atoms with Crippen molar-refractivity contribution in [3.05, 3.63) is 51.5 Å². The first kappa shape index (κ1) is 13.2. The van der Waals surface area contributed by atoms with Crippen LogP contribution in [0.2, 0.25) is 5.02 Å². The van der Waals surface area contributed by atoms with E-state index in [9.17, 15) is 15.2 Å². The van der Waals surface area contributed by atoms with E-state index in [0.29, 0.717) is 16.9 Å². The minimum Gasteiger partial charge on any atom is -0.507 e. The summed E-state index contributed by atoms with van der Waals surface area (Å²) in [5.41, 5.74) is 0.492. The fraction of sp³-hybridized carbons (Fsp3) is 0.0769. The summed E-state index contributed by atoms with van der Waals surface area (Å²) in [6.07, 6.45) is 0. The largest absolute Gasteiger partial charge is 0.507 e. The maximum Gasteiger partial charge on any atom is 0.278 e. The molecule has 0 unspecified atom stereocenters. The molecule has 0 aliphatic rings. The van der Waals surface area contributed by atoms with E-state index < -0.39 is 4.92 Å². The van der Waals surface area contributed by atoms with Crippen LogP contribution in [0, 0.1) is 10.1 Å². The van der Waals surface area contributed by atoms with Crippen LogP contribution in [0.4, 0.5) is 5.69 Å². The van der Waals surface area contributed by atoms with Gasteiger partial charge in [-0.3, -0.25) is 10.1 Å². The third-order valence-electron chi connectivity index (χ3n) is 2.65. The van der Waals surface area contributed by atoms with E-state index in [1.807, 2.05) is 0 Å². The second-order valence-corrected chi connectivity index (χ2v) is 4.24. The van der Waals surface area contributed by atoms with Crippen LogP contribution >= 0.6 is 11.6 Å². The molecule has 0 spiro atoms. The molecule has 0 saturated carbocycles. The topological polar surface area (TPSA) is 72.6 Å². The summed E-state index contributed by atoms with van der Waals surface area (Å²) >= 11 is 5.75. The Morgan fingerprint density at radius 1 is 1.21 bits per heavy atom. The first-order valence-electron chi connectivity index (χ1n) is 5.34. The van der Waals surface area contributed by atoms with Crippen LogP contribution in [0.1, 0.15) is 0 Å². The first-order chi connectivity index (χ1) is 9.02. The van der Waals surface area contributed by atoms with E-state index in [0.717, 1.165) is 0 Å². The van der Waals surface area contributed by atoms with Gasteiger partial charge in [0.2, 0.25) is 0 Å². The molecule has 0 saturated heterocycles. The quantitative estimate of drug-likeness (QED) is 0.688. The molecule has 98 valence electrons. The Balaban J connectivity index is 2.62. The molecule has 0 atom stereocenters. The Morgan fingerprint density at radius 3 is 2.47 bits per heavy atom. The highest BCUT2D eigenvalue weighted by atomic mass is 35.5.